The van der Waals surface area contributed by atoms with Crippen LogP contribution >= 0.6 is 0 Å². The zero-order valence-electron chi connectivity index (χ0n) is 8.84. The number of carbonyl (C=O) groups is 1. The molecule has 1 saturated carbocycles. The molecule has 0 heterocycles. The second-order valence-corrected chi connectivity index (χ2v) is 4.32. The van der Waals surface area contributed by atoms with Crippen LogP contribution in [0, 0.1) is 5.41 Å². The van der Waals surface area contributed by atoms with Gasteiger partial charge in [-0.05, 0) is 32.1 Å². The van der Waals surface area contributed by atoms with Crippen molar-refractivity contribution in [2.75, 3.05) is 6.61 Å². The SMILES string of the molecule is CCOC(=O)C(F)C(C)(O)C1(C)CC1. The van der Waals surface area contributed by atoms with Gasteiger partial charge in [0.25, 0.3) is 0 Å². The number of hydrogen-bond acceptors (Lipinski definition) is 3. The number of esters is 1. The first-order chi connectivity index (χ1) is 6.35. The second kappa shape index (κ2) is 3.50. The normalized spacial score (nSPS) is 24.9. The molecule has 0 radical (unpaired) electrons. The minimum Gasteiger partial charge on any atom is -0.464 e. The number of rotatable bonds is 4. The van der Waals surface area contributed by atoms with Crippen molar-refractivity contribution in [3.05, 3.63) is 0 Å². The Balaban J connectivity index is 2.67. The van der Waals surface area contributed by atoms with Gasteiger partial charge in [-0.25, -0.2) is 9.18 Å². The topological polar surface area (TPSA) is 46.5 Å². The van der Waals surface area contributed by atoms with E-state index in [4.69, 9.17) is 0 Å². The van der Waals surface area contributed by atoms with Gasteiger partial charge in [-0.1, -0.05) is 6.92 Å². The molecule has 0 bridgehead atoms. The maximum atomic E-state index is 13.6. The fourth-order valence-corrected chi connectivity index (χ4v) is 1.44. The lowest BCUT2D eigenvalue weighted by atomic mass is 9.83. The van der Waals surface area contributed by atoms with E-state index in [1.54, 1.807) is 13.8 Å². The summed E-state index contributed by atoms with van der Waals surface area (Å²) in [7, 11) is 0. The van der Waals surface area contributed by atoms with Crippen LogP contribution in [0.4, 0.5) is 4.39 Å². The fraction of sp³-hybridized carbons (Fsp3) is 0.900. The molecule has 0 saturated heterocycles. The third-order valence-electron chi connectivity index (χ3n) is 3.21. The predicted octanol–water partition coefficient (Wildman–Crippen LogP) is 1.44. The van der Waals surface area contributed by atoms with Gasteiger partial charge < -0.3 is 9.84 Å². The third-order valence-corrected chi connectivity index (χ3v) is 3.21. The summed E-state index contributed by atoms with van der Waals surface area (Å²) in [5, 5.41) is 9.90. The summed E-state index contributed by atoms with van der Waals surface area (Å²) < 4.78 is 18.1. The Hall–Kier alpha value is -0.640. The Morgan fingerprint density at radius 3 is 2.57 bits per heavy atom. The number of carbonyl (C=O) groups excluding carboxylic acids is 1. The summed E-state index contributed by atoms with van der Waals surface area (Å²) in [6.07, 6.45) is -0.449. The van der Waals surface area contributed by atoms with Gasteiger partial charge in [0, 0.05) is 0 Å². The van der Waals surface area contributed by atoms with E-state index in [0.29, 0.717) is 0 Å². The molecular weight excluding hydrogens is 187 g/mol. The van der Waals surface area contributed by atoms with Crippen LogP contribution in [0.25, 0.3) is 0 Å². The van der Waals surface area contributed by atoms with Crippen molar-refractivity contribution in [2.24, 2.45) is 5.41 Å². The van der Waals surface area contributed by atoms with Crippen molar-refractivity contribution in [3.8, 4) is 0 Å². The van der Waals surface area contributed by atoms with E-state index >= 15 is 0 Å². The summed E-state index contributed by atoms with van der Waals surface area (Å²) in [4.78, 5) is 11.1. The third kappa shape index (κ3) is 1.75. The molecule has 1 rings (SSSR count). The second-order valence-electron chi connectivity index (χ2n) is 4.32. The van der Waals surface area contributed by atoms with E-state index in [2.05, 4.69) is 4.74 Å². The lowest BCUT2D eigenvalue weighted by molar-refractivity contribution is -0.165. The lowest BCUT2D eigenvalue weighted by Gasteiger charge is -2.32. The number of alkyl halides is 1. The van der Waals surface area contributed by atoms with Crippen LogP contribution < -0.4 is 0 Å². The summed E-state index contributed by atoms with van der Waals surface area (Å²) in [5.74, 6) is -0.967. The zero-order chi connectivity index (χ0) is 11.0. The minimum absolute atomic E-state index is 0.131. The van der Waals surface area contributed by atoms with E-state index in [1.165, 1.54) is 6.92 Å². The van der Waals surface area contributed by atoms with E-state index in [1.807, 2.05) is 0 Å². The fourth-order valence-electron chi connectivity index (χ4n) is 1.44. The smallest absolute Gasteiger partial charge is 0.343 e. The van der Waals surface area contributed by atoms with Crippen LogP contribution in [-0.4, -0.2) is 29.5 Å². The molecule has 14 heavy (non-hydrogen) atoms. The largest absolute Gasteiger partial charge is 0.464 e. The van der Waals surface area contributed by atoms with Crippen molar-refractivity contribution >= 4 is 5.97 Å². The molecule has 2 unspecified atom stereocenters. The van der Waals surface area contributed by atoms with Crippen molar-refractivity contribution in [1.82, 2.24) is 0 Å². The van der Waals surface area contributed by atoms with Crippen LogP contribution in [-0.2, 0) is 9.53 Å². The molecular formula is C10H17FO3. The van der Waals surface area contributed by atoms with Crippen LogP contribution in [0.15, 0.2) is 0 Å². The first-order valence-electron chi connectivity index (χ1n) is 4.88. The summed E-state index contributed by atoms with van der Waals surface area (Å²) in [5.41, 5.74) is -2.08. The first-order valence-corrected chi connectivity index (χ1v) is 4.88. The van der Waals surface area contributed by atoms with E-state index in [9.17, 15) is 14.3 Å². The Morgan fingerprint density at radius 1 is 1.71 bits per heavy atom. The molecule has 1 aliphatic carbocycles. The molecule has 2 atom stereocenters. The van der Waals surface area contributed by atoms with Crippen LogP contribution in [0.1, 0.15) is 33.6 Å². The molecule has 0 amide bonds. The van der Waals surface area contributed by atoms with Crippen molar-refractivity contribution in [3.63, 3.8) is 0 Å². The average molecular weight is 204 g/mol. The summed E-state index contributed by atoms with van der Waals surface area (Å²) in [6, 6.07) is 0. The summed E-state index contributed by atoms with van der Waals surface area (Å²) >= 11 is 0. The van der Waals surface area contributed by atoms with E-state index in [-0.39, 0.29) is 6.61 Å². The van der Waals surface area contributed by atoms with Crippen LogP contribution in [0.5, 0.6) is 0 Å². The monoisotopic (exact) mass is 204 g/mol. The standard InChI is InChI=1S/C10H17FO3/c1-4-14-8(12)7(11)10(3,13)9(2)5-6-9/h7,13H,4-6H2,1-3H3. The number of hydrogen-bond donors (Lipinski definition) is 1. The molecule has 82 valence electrons. The van der Waals surface area contributed by atoms with E-state index in [0.717, 1.165) is 12.8 Å². The van der Waals surface area contributed by atoms with Crippen molar-refractivity contribution < 1.29 is 19.0 Å². The van der Waals surface area contributed by atoms with E-state index < -0.39 is 23.2 Å². The van der Waals surface area contributed by atoms with Crippen molar-refractivity contribution in [2.45, 2.75) is 45.4 Å². The molecule has 0 aromatic carbocycles. The predicted molar refractivity (Wildman–Crippen MR) is 49.5 cm³/mol. The number of aliphatic hydroxyl groups is 1. The van der Waals surface area contributed by atoms with Gasteiger partial charge in [0.05, 0.1) is 6.61 Å². The van der Waals surface area contributed by atoms with Gasteiger partial charge in [-0.15, -0.1) is 0 Å². The molecule has 0 aromatic rings. The Labute approximate surface area is 83.3 Å². The number of ether oxygens (including phenoxy) is 1. The Kier molecular flexibility index (Phi) is 2.86. The highest BCUT2D eigenvalue weighted by Crippen LogP contribution is 2.55. The lowest BCUT2D eigenvalue weighted by Crippen LogP contribution is -2.48. The van der Waals surface area contributed by atoms with Gasteiger partial charge >= 0.3 is 5.97 Å². The maximum Gasteiger partial charge on any atom is 0.343 e. The highest BCUT2D eigenvalue weighted by Gasteiger charge is 2.58. The minimum atomic E-state index is -1.95. The molecule has 1 N–H and O–H groups in total. The Morgan fingerprint density at radius 2 is 2.21 bits per heavy atom. The maximum absolute atomic E-state index is 13.6. The summed E-state index contributed by atoms with van der Waals surface area (Å²) in [6.45, 7) is 4.88. The molecule has 0 aromatic heterocycles. The zero-order valence-corrected chi connectivity index (χ0v) is 8.84. The Bertz CT molecular complexity index is 234. The highest BCUT2D eigenvalue weighted by molar-refractivity contribution is 5.76. The molecule has 3 nitrogen and oxygen atoms in total. The molecule has 1 aliphatic rings. The van der Waals surface area contributed by atoms with Crippen LogP contribution in [0.3, 0.4) is 0 Å². The van der Waals surface area contributed by atoms with Gasteiger partial charge in [-0.2, -0.15) is 0 Å². The van der Waals surface area contributed by atoms with Gasteiger partial charge in [0.15, 0.2) is 0 Å². The molecule has 0 aliphatic heterocycles. The van der Waals surface area contributed by atoms with Gasteiger partial charge in [-0.3, -0.25) is 0 Å². The van der Waals surface area contributed by atoms with Gasteiger partial charge in [0.2, 0.25) is 6.17 Å². The van der Waals surface area contributed by atoms with Crippen molar-refractivity contribution in [1.29, 1.82) is 0 Å². The number of halogens is 1. The quantitative estimate of drug-likeness (QED) is 0.705. The molecule has 4 heteroatoms. The van der Waals surface area contributed by atoms with Crippen LogP contribution in [0.2, 0.25) is 0 Å². The molecule has 0 spiro atoms. The van der Waals surface area contributed by atoms with Gasteiger partial charge in [0.1, 0.15) is 5.60 Å². The first kappa shape index (κ1) is 11.4. The average Bonchev–Trinajstić information content (AvgIpc) is 2.84. The highest BCUT2D eigenvalue weighted by atomic mass is 19.1. The molecule has 1 fully saturated rings.